The van der Waals surface area contributed by atoms with Gasteiger partial charge < -0.3 is 5.32 Å². The Hall–Kier alpha value is -2.06. The van der Waals surface area contributed by atoms with Crippen LogP contribution in [0.3, 0.4) is 0 Å². The Morgan fingerprint density at radius 1 is 0.960 bits per heavy atom. The summed E-state index contributed by atoms with van der Waals surface area (Å²) in [6.07, 6.45) is 2.30. The van der Waals surface area contributed by atoms with Crippen molar-refractivity contribution < 1.29 is 0 Å². The second-order valence-electron chi connectivity index (χ2n) is 7.63. The summed E-state index contributed by atoms with van der Waals surface area (Å²) < 4.78 is 0. The molecule has 0 aliphatic carbocycles. The smallest absolute Gasteiger partial charge is 0.109 e. The van der Waals surface area contributed by atoms with Crippen LogP contribution in [0, 0.1) is 5.92 Å². The highest BCUT2D eigenvalue weighted by molar-refractivity contribution is 6.30. The number of hydrogen-bond donors (Lipinski definition) is 1. The van der Waals surface area contributed by atoms with Crippen LogP contribution in [0.15, 0.2) is 65.7 Å². The van der Waals surface area contributed by atoms with Crippen LogP contribution in [0.4, 0.5) is 0 Å². The van der Waals surface area contributed by atoms with E-state index in [1.165, 1.54) is 11.1 Å². The van der Waals surface area contributed by atoms with E-state index >= 15 is 0 Å². The third-order valence-corrected chi connectivity index (χ3v) is 4.53. The van der Waals surface area contributed by atoms with E-state index in [0.717, 1.165) is 16.6 Å². The summed E-state index contributed by atoms with van der Waals surface area (Å²) in [7, 11) is 0. The highest BCUT2D eigenvalue weighted by Crippen LogP contribution is 2.34. The number of allylic oxidation sites excluding steroid dienone is 1. The Morgan fingerprint density at radius 2 is 1.60 bits per heavy atom. The Labute approximate surface area is 155 Å². The summed E-state index contributed by atoms with van der Waals surface area (Å²) in [6.45, 7) is 8.64. The van der Waals surface area contributed by atoms with Crippen LogP contribution < -0.4 is 5.32 Å². The fourth-order valence-corrected chi connectivity index (χ4v) is 3.37. The maximum atomic E-state index is 6.08. The average Bonchev–Trinajstić information content (AvgIpc) is 2.55. The Kier molecular flexibility index (Phi) is 5.01. The molecule has 2 unspecified atom stereocenters. The molecule has 0 radical (unpaired) electrons. The minimum atomic E-state index is -0.147. The van der Waals surface area contributed by atoms with Gasteiger partial charge >= 0.3 is 0 Å². The van der Waals surface area contributed by atoms with Gasteiger partial charge in [0, 0.05) is 16.6 Å². The lowest BCUT2D eigenvalue weighted by Crippen LogP contribution is -2.38. The zero-order valence-corrected chi connectivity index (χ0v) is 16.0. The predicted octanol–water partition coefficient (Wildman–Crippen LogP) is 5.90. The molecule has 1 aliphatic heterocycles. The van der Waals surface area contributed by atoms with Gasteiger partial charge in [0.25, 0.3) is 0 Å². The number of rotatable bonds is 2. The number of benzene rings is 2. The van der Waals surface area contributed by atoms with Gasteiger partial charge in [-0.2, -0.15) is 0 Å². The summed E-state index contributed by atoms with van der Waals surface area (Å²) in [5.41, 5.74) is 3.40. The second kappa shape index (κ2) is 7.05. The third-order valence-electron chi connectivity index (χ3n) is 4.28. The summed E-state index contributed by atoms with van der Waals surface area (Å²) in [6, 6.07) is 18.5. The molecule has 0 amide bonds. The SMILES string of the molecule is CC1C=C(c2ccccc2)NC(=NC(C)(C)C)C1c1ccc(Cl)cc1. The van der Waals surface area contributed by atoms with Gasteiger partial charge in [-0.15, -0.1) is 0 Å². The van der Waals surface area contributed by atoms with E-state index in [1.807, 2.05) is 18.2 Å². The van der Waals surface area contributed by atoms with Gasteiger partial charge in [-0.3, -0.25) is 4.99 Å². The molecule has 0 saturated heterocycles. The van der Waals surface area contributed by atoms with Gasteiger partial charge in [0.1, 0.15) is 5.84 Å². The number of nitrogens with zero attached hydrogens (tertiary/aromatic N) is 1. The fraction of sp³-hybridized carbons (Fsp3) is 0.318. The monoisotopic (exact) mass is 352 g/mol. The van der Waals surface area contributed by atoms with E-state index in [0.29, 0.717) is 5.92 Å². The van der Waals surface area contributed by atoms with E-state index < -0.39 is 0 Å². The molecule has 1 heterocycles. The molecule has 0 spiro atoms. The molecule has 3 rings (SSSR count). The fourth-order valence-electron chi connectivity index (χ4n) is 3.24. The van der Waals surface area contributed by atoms with Crippen LogP contribution in [0.2, 0.25) is 5.02 Å². The zero-order chi connectivity index (χ0) is 18.0. The molecule has 0 bridgehead atoms. The van der Waals surface area contributed by atoms with Gasteiger partial charge in [0.2, 0.25) is 0 Å². The van der Waals surface area contributed by atoms with Crippen molar-refractivity contribution in [2.75, 3.05) is 0 Å². The normalized spacial score (nSPS) is 22.4. The van der Waals surface area contributed by atoms with Crippen molar-refractivity contribution in [2.24, 2.45) is 10.9 Å². The van der Waals surface area contributed by atoms with Gasteiger partial charge in [-0.1, -0.05) is 67.1 Å². The predicted molar refractivity (Wildman–Crippen MR) is 108 cm³/mol. The Bertz CT molecular complexity index is 783. The topological polar surface area (TPSA) is 24.4 Å². The van der Waals surface area contributed by atoms with Crippen molar-refractivity contribution in [2.45, 2.75) is 39.2 Å². The highest BCUT2D eigenvalue weighted by atomic mass is 35.5. The number of hydrogen-bond acceptors (Lipinski definition) is 1. The summed E-state index contributed by atoms with van der Waals surface area (Å²) in [5.74, 6) is 1.55. The highest BCUT2D eigenvalue weighted by Gasteiger charge is 2.30. The first-order valence-corrected chi connectivity index (χ1v) is 9.11. The van der Waals surface area contributed by atoms with Gasteiger partial charge in [0.15, 0.2) is 0 Å². The lowest BCUT2D eigenvalue weighted by atomic mass is 9.82. The minimum absolute atomic E-state index is 0.147. The Balaban J connectivity index is 2.05. The maximum absolute atomic E-state index is 6.08. The zero-order valence-electron chi connectivity index (χ0n) is 15.3. The maximum Gasteiger partial charge on any atom is 0.109 e. The molecule has 0 saturated carbocycles. The van der Waals surface area contributed by atoms with Crippen LogP contribution >= 0.6 is 11.6 Å². The van der Waals surface area contributed by atoms with Gasteiger partial charge in [0.05, 0.1) is 5.54 Å². The number of aliphatic imine (C=N–C) groups is 1. The molecule has 0 aromatic heterocycles. The van der Waals surface area contributed by atoms with Crippen molar-refractivity contribution >= 4 is 23.1 Å². The molecule has 1 aliphatic rings. The molecular weight excluding hydrogens is 328 g/mol. The molecule has 25 heavy (non-hydrogen) atoms. The molecule has 3 heteroatoms. The van der Waals surface area contributed by atoms with Crippen molar-refractivity contribution in [3.8, 4) is 0 Å². The number of halogens is 1. The van der Waals surface area contributed by atoms with E-state index in [2.05, 4.69) is 75.5 Å². The van der Waals surface area contributed by atoms with Crippen LogP contribution in [-0.2, 0) is 0 Å². The van der Waals surface area contributed by atoms with E-state index in [1.54, 1.807) is 0 Å². The number of nitrogens with one attached hydrogen (secondary N) is 1. The van der Waals surface area contributed by atoms with Crippen LogP contribution in [0.5, 0.6) is 0 Å². The molecule has 2 nitrogen and oxygen atoms in total. The standard InChI is InChI=1S/C22H25ClN2/c1-15-14-19(16-8-6-5-7-9-16)24-21(25-22(2,3)4)20(15)17-10-12-18(23)13-11-17/h5-15,20H,1-4H3,(H,24,25). The summed E-state index contributed by atoms with van der Waals surface area (Å²) >= 11 is 6.08. The quantitative estimate of drug-likeness (QED) is 0.714. The van der Waals surface area contributed by atoms with Gasteiger partial charge in [-0.05, 0) is 49.9 Å². The molecule has 2 aromatic carbocycles. The van der Waals surface area contributed by atoms with Gasteiger partial charge in [-0.25, -0.2) is 0 Å². The van der Waals surface area contributed by atoms with Crippen molar-refractivity contribution in [3.63, 3.8) is 0 Å². The van der Waals surface area contributed by atoms with Crippen molar-refractivity contribution in [1.29, 1.82) is 0 Å². The number of amidine groups is 1. The van der Waals surface area contributed by atoms with Crippen LogP contribution in [-0.4, -0.2) is 11.4 Å². The molecule has 0 fully saturated rings. The lowest BCUT2D eigenvalue weighted by Gasteiger charge is -2.33. The second-order valence-corrected chi connectivity index (χ2v) is 8.06. The van der Waals surface area contributed by atoms with E-state index in [4.69, 9.17) is 16.6 Å². The van der Waals surface area contributed by atoms with Crippen LogP contribution in [0.25, 0.3) is 5.70 Å². The van der Waals surface area contributed by atoms with Crippen LogP contribution in [0.1, 0.15) is 44.7 Å². The minimum Gasteiger partial charge on any atom is -0.343 e. The first-order valence-electron chi connectivity index (χ1n) is 8.73. The largest absolute Gasteiger partial charge is 0.343 e. The van der Waals surface area contributed by atoms with Crippen molar-refractivity contribution in [1.82, 2.24) is 5.32 Å². The molecule has 1 N–H and O–H groups in total. The Morgan fingerprint density at radius 3 is 2.20 bits per heavy atom. The summed E-state index contributed by atoms with van der Waals surface area (Å²) in [5, 5.41) is 4.36. The molecular formula is C22H25ClN2. The average molecular weight is 353 g/mol. The van der Waals surface area contributed by atoms with E-state index in [9.17, 15) is 0 Å². The molecule has 2 aromatic rings. The first kappa shape index (κ1) is 17.8. The lowest BCUT2D eigenvalue weighted by molar-refractivity contribution is 0.562. The third kappa shape index (κ3) is 4.32. The summed E-state index contributed by atoms with van der Waals surface area (Å²) in [4.78, 5) is 5.01. The first-order chi connectivity index (χ1) is 11.8. The van der Waals surface area contributed by atoms with E-state index in [-0.39, 0.29) is 11.5 Å². The van der Waals surface area contributed by atoms with Crippen molar-refractivity contribution in [3.05, 3.63) is 76.8 Å². The molecule has 130 valence electrons. The molecule has 2 atom stereocenters.